The molecule has 12 heteroatoms. The molecule has 1 fully saturated rings. The Labute approximate surface area is 258 Å². The topological polar surface area (TPSA) is 109 Å². The van der Waals surface area contributed by atoms with Crippen LogP contribution in [0.2, 0.25) is 10.0 Å². The minimum Gasteiger partial charge on any atom is -0.325 e. The van der Waals surface area contributed by atoms with Crippen molar-refractivity contribution in [3.63, 3.8) is 0 Å². The van der Waals surface area contributed by atoms with Gasteiger partial charge in [-0.2, -0.15) is 5.26 Å². The van der Waals surface area contributed by atoms with Crippen LogP contribution in [0.25, 0.3) is 11.4 Å². The molecular formula is C31H29Cl2F2N7O. The molecule has 2 heterocycles. The lowest BCUT2D eigenvalue weighted by molar-refractivity contribution is -0.118. The molecule has 0 bridgehead atoms. The van der Waals surface area contributed by atoms with E-state index in [2.05, 4.69) is 32.2 Å². The van der Waals surface area contributed by atoms with Gasteiger partial charge in [0, 0.05) is 40.8 Å². The number of hydrogen-bond acceptors (Lipinski definition) is 6. The van der Waals surface area contributed by atoms with Crippen LogP contribution in [0.4, 0.5) is 14.5 Å². The van der Waals surface area contributed by atoms with Gasteiger partial charge in [0.2, 0.25) is 5.91 Å². The Hall–Kier alpha value is -3.91. The fourth-order valence-corrected chi connectivity index (χ4v) is 6.29. The van der Waals surface area contributed by atoms with E-state index in [4.69, 9.17) is 23.2 Å². The average Bonchev–Trinajstić information content (AvgIpc) is 3.51. The maximum Gasteiger partial charge on any atom is 0.242 e. The van der Waals surface area contributed by atoms with Gasteiger partial charge in [0.1, 0.15) is 17.0 Å². The fourth-order valence-electron chi connectivity index (χ4n) is 5.95. The van der Waals surface area contributed by atoms with Crippen molar-refractivity contribution in [1.82, 2.24) is 25.5 Å². The summed E-state index contributed by atoms with van der Waals surface area (Å²) >= 11 is 12.3. The van der Waals surface area contributed by atoms with Crippen molar-refractivity contribution in [2.24, 2.45) is 12.5 Å². The molecule has 0 spiro atoms. The van der Waals surface area contributed by atoms with Gasteiger partial charge in [-0.1, -0.05) is 62.2 Å². The van der Waals surface area contributed by atoms with E-state index in [1.54, 1.807) is 37.4 Å². The van der Waals surface area contributed by atoms with E-state index in [0.29, 0.717) is 17.9 Å². The number of aryl methyl sites for hydroxylation is 1. The number of carbonyl (C=O) groups is 1. The number of nitrogens with one attached hydrogen (secondary N) is 2. The molecule has 1 aromatic heterocycles. The average molecular weight is 625 g/mol. The summed E-state index contributed by atoms with van der Waals surface area (Å²) in [5.41, 5.74) is -0.834. The zero-order valence-electron chi connectivity index (χ0n) is 23.9. The third kappa shape index (κ3) is 5.73. The highest BCUT2D eigenvalue weighted by Crippen LogP contribution is 2.52. The van der Waals surface area contributed by atoms with Crippen molar-refractivity contribution in [3.8, 4) is 17.5 Å². The normalized spacial score (nSPS) is 21.9. The highest BCUT2D eigenvalue weighted by Gasteiger charge is 2.61. The molecule has 1 aliphatic heterocycles. The first-order valence-corrected chi connectivity index (χ1v) is 14.3. The predicted molar refractivity (Wildman–Crippen MR) is 160 cm³/mol. The Bertz CT molecular complexity index is 1710. The van der Waals surface area contributed by atoms with Crippen LogP contribution in [-0.4, -0.2) is 38.2 Å². The number of nitriles is 1. The van der Waals surface area contributed by atoms with Crippen molar-refractivity contribution in [2.75, 3.05) is 5.32 Å². The number of rotatable bonds is 6. The van der Waals surface area contributed by atoms with Gasteiger partial charge in [-0.05, 0) is 70.3 Å². The lowest BCUT2D eigenvalue weighted by Gasteiger charge is -2.37. The Morgan fingerprint density at radius 2 is 1.86 bits per heavy atom. The smallest absolute Gasteiger partial charge is 0.242 e. The van der Waals surface area contributed by atoms with Crippen LogP contribution in [0.3, 0.4) is 0 Å². The van der Waals surface area contributed by atoms with E-state index in [0.717, 1.165) is 11.6 Å². The minimum atomic E-state index is -1.71. The lowest BCUT2D eigenvalue weighted by atomic mass is 9.62. The Balaban J connectivity index is 1.63. The number of tetrazole rings is 1. The molecule has 1 saturated heterocycles. The maximum absolute atomic E-state index is 15.8. The molecule has 1 aliphatic rings. The minimum absolute atomic E-state index is 0.0162. The summed E-state index contributed by atoms with van der Waals surface area (Å²) in [5.74, 6) is -2.65. The van der Waals surface area contributed by atoms with Crippen LogP contribution in [0, 0.1) is 28.4 Å². The largest absolute Gasteiger partial charge is 0.325 e. The predicted octanol–water partition coefficient (Wildman–Crippen LogP) is 6.42. The number of nitrogens with zero attached hydrogens (tertiary/aromatic N) is 5. The Kier molecular flexibility index (Phi) is 8.27. The highest BCUT2D eigenvalue weighted by molar-refractivity contribution is 6.31. The van der Waals surface area contributed by atoms with Crippen molar-refractivity contribution in [2.45, 2.75) is 50.6 Å². The number of halogens is 4. The van der Waals surface area contributed by atoms with Gasteiger partial charge in [0.05, 0.1) is 17.1 Å². The number of benzene rings is 3. The number of amides is 1. The molecule has 4 aromatic rings. The number of aromatic nitrogens is 4. The zero-order chi connectivity index (χ0) is 31.1. The molecule has 0 saturated carbocycles. The second-order valence-electron chi connectivity index (χ2n) is 11.9. The Morgan fingerprint density at radius 3 is 2.47 bits per heavy atom. The fraction of sp³-hybridized carbons (Fsp3) is 0.323. The summed E-state index contributed by atoms with van der Waals surface area (Å²) < 4.78 is 33.1. The third-order valence-electron chi connectivity index (χ3n) is 7.76. The Morgan fingerprint density at radius 1 is 1.14 bits per heavy atom. The molecule has 3 aromatic carbocycles. The second kappa shape index (κ2) is 11.6. The van der Waals surface area contributed by atoms with Crippen molar-refractivity contribution < 1.29 is 13.6 Å². The summed E-state index contributed by atoms with van der Waals surface area (Å²) in [4.78, 5) is 14.1. The first-order valence-electron chi connectivity index (χ1n) is 13.6. The molecule has 0 aliphatic carbocycles. The van der Waals surface area contributed by atoms with Gasteiger partial charge in [0.15, 0.2) is 5.82 Å². The monoisotopic (exact) mass is 623 g/mol. The van der Waals surface area contributed by atoms with E-state index in [-0.39, 0.29) is 26.6 Å². The van der Waals surface area contributed by atoms with E-state index >= 15 is 8.78 Å². The highest BCUT2D eigenvalue weighted by atomic mass is 35.5. The van der Waals surface area contributed by atoms with Gasteiger partial charge in [0.25, 0.3) is 0 Å². The zero-order valence-corrected chi connectivity index (χ0v) is 25.4. The molecule has 4 atom stereocenters. The van der Waals surface area contributed by atoms with E-state index in [1.165, 1.54) is 28.9 Å². The molecule has 222 valence electrons. The van der Waals surface area contributed by atoms with E-state index in [1.807, 2.05) is 20.8 Å². The summed E-state index contributed by atoms with van der Waals surface area (Å²) in [6, 6.07) is 15.8. The van der Waals surface area contributed by atoms with Gasteiger partial charge in [-0.25, -0.2) is 13.5 Å². The SMILES string of the molecule is Cn1nnnc1-c1ccc(NC(=O)C2N[C@@H](CC(C)(C)C)[C@](C#N)(c3ccc(Cl)cc3F)[C@H]2c2cccc(Cl)c2F)cc1. The molecule has 1 unspecified atom stereocenters. The summed E-state index contributed by atoms with van der Waals surface area (Å²) in [7, 11) is 1.71. The van der Waals surface area contributed by atoms with Gasteiger partial charge in [-0.3, -0.25) is 4.79 Å². The first kappa shape index (κ1) is 30.5. The lowest BCUT2D eigenvalue weighted by Crippen LogP contribution is -2.45. The molecule has 0 radical (unpaired) electrons. The number of anilines is 1. The summed E-state index contributed by atoms with van der Waals surface area (Å²) in [6.07, 6.45) is 0.367. The summed E-state index contributed by atoms with van der Waals surface area (Å²) in [6.45, 7) is 5.93. The second-order valence-corrected chi connectivity index (χ2v) is 12.7. The third-order valence-corrected chi connectivity index (χ3v) is 8.29. The van der Waals surface area contributed by atoms with Gasteiger partial charge in [-0.15, -0.1) is 5.10 Å². The van der Waals surface area contributed by atoms with Crippen LogP contribution in [-0.2, 0) is 17.3 Å². The molecular weight excluding hydrogens is 595 g/mol. The maximum atomic E-state index is 15.8. The van der Waals surface area contributed by atoms with E-state index < -0.39 is 41.0 Å². The van der Waals surface area contributed by atoms with Gasteiger partial charge >= 0.3 is 0 Å². The first-order chi connectivity index (χ1) is 20.4. The van der Waals surface area contributed by atoms with Crippen LogP contribution in [0.1, 0.15) is 44.2 Å². The molecule has 5 rings (SSSR count). The van der Waals surface area contributed by atoms with Crippen molar-refractivity contribution >= 4 is 34.8 Å². The van der Waals surface area contributed by atoms with Crippen LogP contribution in [0.15, 0.2) is 60.7 Å². The van der Waals surface area contributed by atoms with E-state index in [9.17, 15) is 10.1 Å². The van der Waals surface area contributed by atoms with Gasteiger partial charge < -0.3 is 10.6 Å². The van der Waals surface area contributed by atoms with Crippen LogP contribution in [0.5, 0.6) is 0 Å². The standard InChI is InChI=1S/C31H29Cl2F2N7O/c1-30(2,3)15-24-31(16-36,21-13-10-18(32)14-23(21)34)25(20-6-5-7-22(33)26(20)35)27(38-24)29(43)37-19-11-8-17(9-12-19)28-39-40-41-42(28)4/h5-14,24-25,27,38H,15H2,1-4H3,(H,37,43)/t24-,25-,27?,31-/m0/s1. The molecule has 2 N–H and O–H groups in total. The summed E-state index contributed by atoms with van der Waals surface area (Å²) in [5, 5.41) is 28.6. The number of hydrogen-bond donors (Lipinski definition) is 2. The molecule has 1 amide bonds. The molecule has 43 heavy (non-hydrogen) atoms. The van der Waals surface area contributed by atoms with Crippen molar-refractivity contribution in [3.05, 3.63) is 93.5 Å². The van der Waals surface area contributed by atoms with Crippen LogP contribution >= 0.6 is 23.2 Å². The molecule has 8 nitrogen and oxygen atoms in total. The van der Waals surface area contributed by atoms with Crippen LogP contribution < -0.4 is 10.6 Å². The quantitative estimate of drug-likeness (QED) is 0.256. The number of carbonyl (C=O) groups excluding carboxylic acids is 1. The van der Waals surface area contributed by atoms with Crippen molar-refractivity contribution in [1.29, 1.82) is 5.26 Å².